The molecule has 0 unspecified atom stereocenters. The van der Waals surface area contributed by atoms with Crippen LogP contribution in [0.4, 0.5) is 4.79 Å². The van der Waals surface area contributed by atoms with E-state index >= 15 is 0 Å². The van der Waals surface area contributed by atoms with Crippen LogP contribution in [-0.4, -0.2) is 59.1 Å². The van der Waals surface area contributed by atoms with Crippen LogP contribution >= 0.6 is 0 Å². The zero-order chi connectivity index (χ0) is 17.6. The molecule has 3 rings (SSSR count). The molecule has 2 N–H and O–H groups in total. The summed E-state index contributed by atoms with van der Waals surface area (Å²) in [5.74, 6) is -0.951. The molecule has 1 aromatic rings. The summed E-state index contributed by atoms with van der Waals surface area (Å²) in [4.78, 5) is 27.9. The van der Waals surface area contributed by atoms with Crippen molar-refractivity contribution in [3.05, 3.63) is 35.4 Å². The normalized spacial score (nSPS) is 19.6. The molecule has 0 atom stereocenters. The van der Waals surface area contributed by atoms with Crippen LogP contribution in [0.25, 0.3) is 0 Å². The molecule has 25 heavy (non-hydrogen) atoms. The zero-order valence-electron chi connectivity index (χ0n) is 14.6. The Morgan fingerprint density at radius 2 is 1.88 bits per heavy atom. The van der Waals surface area contributed by atoms with Gasteiger partial charge in [0, 0.05) is 38.8 Å². The van der Waals surface area contributed by atoms with Gasteiger partial charge in [-0.05, 0) is 37.0 Å². The summed E-state index contributed by atoms with van der Waals surface area (Å²) in [5, 5.41) is 12.0. The molecule has 1 saturated heterocycles. The Bertz CT molecular complexity index is 614. The van der Waals surface area contributed by atoms with E-state index in [0.717, 1.165) is 38.2 Å². The van der Waals surface area contributed by atoms with Crippen LogP contribution < -0.4 is 5.32 Å². The van der Waals surface area contributed by atoms with Gasteiger partial charge in [-0.2, -0.15) is 0 Å². The third-order valence-corrected chi connectivity index (χ3v) is 5.28. The number of hydrogen-bond donors (Lipinski definition) is 2. The average molecular weight is 345 g/mol. The fraction of sp³-hybridized carbons (Fsp3) is 0.579. The van der Waals surface area contributed by atoms with Crippen LogP contribution in [0.5, 0.6) is 0 Å². The number of aromatic carboxylic acids is 1. The van der Waals surface area contributed by atoms with E-state index < -0.39 is 5.97 Å². The van der Waals surface area contributed by atoms with Gasteiger partial charge < -0.3 is 15.3 Å². The lowest BCUT2D eigenvalue weighted by Gasteiger charge is -2.27. The third-order valence-electron chi connectivity index (χ3n) is 5.28. The van der Waals surface area contributed by atoms with Gasteiger partial charge in [-0.25, -0.2) is 9.59 Å². The molecule has 2 aliphatic rings. The van der Waals surface area contributed by atoms with Crippen LogP contribution in [-0.2, 0) is 6.54 Å². The van der Waals surface area contributed by atoms with Gasteiger partial charge in [0.1, 0.15) is 0 Å². The molecule has 6 nitrogen and oxygen atoms in total. The molecule has 0 bridgehead atoms. The molecular formula is C19H27N3O3. The number of nitrogens with zero attached hydrogens (tertiary/aromatic N) is 2. The van der Waals surface area contributed by atoms with E-state index in [9.17, 15) is 9.59 Å². The summed E-state index contributed by atoms with van der Waals surface area (Å²) < 4.78 is 0. The first-order valence-electron chi connectivity index (χ1n) is 9.22. The van der Waals surface area contributed by atoms with E-state index in [-0.39, 0.29) is 11.6 Å². The number of rotatable bonds is 4. The number of carboxylic acid groups (broad SMARTS) is 1. The van der Waals surface area contributed by atoms with Crippen molar-refractivity contribution in [3.63, 3.8) is 0 Å². The van der Waals surface area contributed by atoms with Gasteiger partial charge in [0.25, 0.3) is 0 Å². The number of benzene rings is 1. The van der Waals surface area contributed by atoms with Crippen LogP contribution in [0.3, 0.4) is 0 Å². The molecule has 1 heterocycles. The molecular weight excluding hydrogens is 318 g/mol. The highest BCUT2D eigenvalue weighted by atomic mass is 16.4. The van der Waals surface area contributed by atoms with E-state index in [1.165, 1.54) is 25.7 Å². The average Bonchev–Trinajstić information content (AvgIpc) is 3.04. The Morgan fingerprint density at radius 1 is 1.08 bits per heavy atom. The minimum Gasteiger partial charge on any atom is -0.478 e. The van der Waals surface area contributed by atoms with Crippen LogP contribution in [0, 0.1) is 0 Å². The summed E-state index contributed by atoms with van der Waals surface area (Å²) in [5.41, 5.74) is 1.05. The van der Waals surface area contributed by atoms with Gasteiger partial charge >= 0.3 is 12.0 Å². The van der Waals surface area contributed by atoms with Gasteiger partial charge in [-0.1, -0.05) is 25.0 Å². The number of carbonyl (C=O) groups excluding carboxylic acids is 1. The second-order valence-electron chi connectivity index (χ2n) is 6.98. The molecule has 1 aromatic carbocycles. The lowest BCUT2D eigenvalue weighted by Crippen LogP contribution is -2.42. The summed E-state index contributed by atoms with van der Waals surface area (Å²) in [6.45, 7) is 3.92. The summed E-state index contributed by atoms with van der Waals surface area (Å²) in [7, 11) is 0. The Labute approximate surface area is 148 Å². The molecule has 1 aliphatic carbocycles. The minimum atomic E-state index is -0.951. The highest BCUT2D eigenvalue weighted by molar-refractivity contribution is 5.87. The first-order chi connectivity index (χ1) is 12.1. The molecule has 2 amide bonds. The van der Waals surface area contributed by atoms with Crippen molar-refractivity contribution in [2.75, 3.05) is 26.2 Å². The quantitative estimate of drug-likeness (QED) is 0.880. The number of carboxylic acids is 1. The summed E-state index contributed by atoms with van der Waals surface area (Å²) >= 11 is 0. The van der Waals surface area contributed by atoms with Crippen LogP contribution in [0.1, 0.15) is 48.0 Å². The lowest BCUT2D eigenvalue weighted by molar-refractivity contribution is 0.0696. The molecule has 0 aromatic heterocycles. The second kappa shape index (κ2) is 8.34. The molecule has 1 saturated carbocycles. The molecule has 0 radical (unpaired) electrons. The topological polar surface area (TPSA) is 72.9 Å². The SMILES string of the molecule is O=C(O)c1cccc(CNC(=O)N2CCCN(C3CCCC3)CC2)c1. The monoisotopic (exact) mass is 345 g/mol. The second-order valence-corrected chi connectivity index (χ2v) is 6.98. The lowest BCUT2D eigenvalue weighted by atomic mass is 10.1. The smallest absolute Gasteiger partial charge is 0.335 e. The van der Waals surface area contributed by atoms with Crippen molar-refractivity contribution < 1.29 is 14.7 Å². The Balaban J connectivity index is 1.49. The molecule has 136 valence electrons. The van der Waals surface area contributed by atoms with Gasteiger partial charge in [0.2, 0.25) is 0 Å². The predicted octanol–water partition coefficient (Wildman–Crippen LogP) is 2.54. The van der Waals surface area contributed by atoms with Crippen molar-refractivity contribution >= 4 is 12.0 Å². The number of hydrogen-bond acceptors (Lipinski definition) is 3. The number of nitrogens with one attached hydrogen (secondary N) is 1. The maximum Gasteiger partial charge on any atom is 0.335 e. The van der Waals surface area contributed by atoms with Gasteiger partial charge in [-0.15, -0.1) is 0 Å². The fourth-order valence-corrected chi connectivity index (χ4v) is 3.88. The molecule has 0 spiro atoms. The molecule has 6 heteroatoms. The van der Waals surface area contributed by atoms with E-state index in [1.54, 1.807) is 18.2 Å². The maximum absolute atomic E-state index is 12.5. The first-order valence-corrected chi connectivity index (χ1v) is 9.22. The van der Waals surface area contributed by atoms with Crippen molar-refractivity contribution in [1.82, 2.24) is 15.1 Å². The standard InChI is InChI=1S/C19H27N3O3/c23-18(24)16-6-3-5-15(13-16)14-20-19(25)22-10-4-9-21(11-12-22)17-7-1-2-8-17/h3,5-6,13,17H,1-2,4,7-12,14H2,(H,20,25)(H,23,24). The van der Waals surface area contributed by atoms with Gasteiger partial charge in [0.05, 0.1) is 5.56 Å². The fourth-order valence-electron chi connectivity index (χ4n) is 3.88. The zero-order valence-corrected chi connectivity index (χ0v) is 14.6. The van der Waals surface area contributed by atoms with E-state index in [0.29, 0.717) is 12.6 Å². The first kappa shape index (κ1) is 17.7. The van der Waals surface area contributed by atoms with E-state index in [2.05, 4.69) is 10.2 Å². The molecule has 1 aliphatic heterocycles. The predicted molar refractivity (Wildman–Crippen MR) is 95.7 cm³/mol. The number of amides is 2. The third kappa shape index (κ3) is 4.72. The van der Waals surface area contributed by atoms with Crippen LogP contribution in [0.2, 0.25) is 0 Å². The highest BCUT2D eigenvalue weighted by Crippen LogP contribution is 2.24. The largest absolute Gasteiger partial charge is 0.478 e. The van der Waals surface area contributed by atoms with Crippen molar-refractivity contribution in [3.8, 4) is 0 Å². The maximum atomic E-state index is 12.5. The van der Waals surface area contributed by atoms with Gasteiger partial charge in [0.15, 0.2) is 0 Å². The number of carbonyl (C=O) groups is 2. The van der Waals surface area contributed by atoms with Crippen molar-refractivity contribution in [2.24, 2.45) is 0 Å². The minimum absolute atomic E-state index is 0.0611. The van der Waals surface area contributed by atoms with Crippen molar-refractivity contribution in [1.29, 1.82) is 0 Å². The number of urea groups is 1. The molecule has 2 fully saturated rings. The summed E-state index contributed by atoms with van der Waals surface area (Å²) in [6.07, 6.45) is 6.28. The van der Waals surface area contributed by atoms with Gasteiger partial charge in [-0.3, -0.25) is 4.90 Å². The Morgan fingerprint density at radius 3 is 2.64 bits per heavy atom. The Hall–Kier alpha value is -2.08. The highest BCUT2D eigenvalue weighted by Gasteiger charge is 2.26. The van der Waals surface area contributed by atoms with Crippen LogP contribution in [0.15, 0.2) is 24.3 Å². The van der Waals surface area contributed by atoms with Crippen molar-refractivity contribution in [2.45, 2.75) is 44.7 Å². The van der Waals surface area contributed by atoms with E-state index in [1.807, 2.05) is 11.0 Å². The Kier molecular flexibility index (Phi) is 5.91. The van der Waals surface area contributed by atoms with E-state index in [4.69, 9.17) is 5.11 Å². The summed E-state index contributed by atoms with van der Waals surface area (Å²) in [6, 6.07) is 7.34.